The van der Waals surface area contributed by atoms with Gasteiger partial charge in [-0.05, 0) is 47.1 Å². The summed E-state index contributed by atoms with van der Waals surface area (Å²) in [6, 6.07) is 10.5. The predicted octanol–water partition coefficient (Wildman–Crippen LogP) is 4.89. The minimum absolute atomic E-state index is 0.0295. The SMILES string of the molecule is C[C@@H]1CNc2ccc(Br)c(Cl)c2C(c2ccccc2F)=N1. The van der Waals surface area contributed by atoms with Crippen molar-refractivity contribution in [1.82, 2.24) is 0 Å². The quantitative estimate of drug-likeness (QED) is 0.762. The summed E-state index contributed by atoms with van der Waals surface area (Å²) in [6.07, 6.45) is 0. The lowest BCUT2D eigenvalue weighted by molar-refractivity contribution is 0.625. The number of rotatable bonds is 1. The second-order valence-electron chi connectivity index (χ2n) is 4.97. The van der Waals surface area contributed by atoms with Crippen molar-refractivity contribution < 1.29 is 4.39 Å². The lowest BCUT2D eigenvalue weighted by atomic mass is 10.00. The van der Waals surface area contributed by atoms with Crippen LogP contribution in [0.25, 0.3) is 0 Å². The van der Waals surface area contributed by atoms with E-state index in [9.17, 15) is 4.39 Å². The van der Waals surface area contributed by atoms with Crippen molar-refractivity contribution in [2.24, 2.45) is 4.99 Å². The first kappa shape index (κ1) is 14.5. The molecule has 0 spiro atoms. The van der Waals surface area contributed by atoms with Gasteiger partial charge in [0.05, 0.1) is 16.8 Å². The van der Waals surface area contributed by atoms with Crippen LogP contribution in [-0.4, -0.2) is 18.3 Å². The van der Waals surface area contributed by atoms with Gasteiger partial charge >= 0.3 is 0 Å². The molecule has 0 amide bonds. The molecule has 3 rings (SSSR count). The highest BCUT2D eigenvalue weighted by Gasteiger charge is 2.23. The van der Waals surface area contributed by atoms with Crippen LogP contribution in [0.15, 0.2) is 45.9 Å². The summed E-state index contributed by atoms with van der Waals surface area (Å²) in [6.45, 7) is 2.67. The summed E-state index contributed by atoms with van der Waals surface area (Å²) in [7, 11) is 0. The van der Waals surface area contributed by atoms with Crippen LogP contribution in [0.1, 0.15) is 18.1 Å². The Bertz CT molecular complexity index is 730. The molecule has 1 atom stereocenters. The maximum absolute atomic E-state index is 14.2. The Hall–Kier alpha value is -1.39. The van der Waals surface area contributed by atoms with Gasteiger partial charge in [0.25, 0.3) is 0 Å². The van der Waals surface area contributed by atoms with E-state index in [-0.39, 0.29) is 11.9 Å². The van der Waals surface area contributed by atoms with Gasteiger partial charge in [0.2, 0.25) is 0 Å². The Labute approximate surface area is 136 Å². The zero-order valence-electron chi connectivity index (χ0n) is 11.3. The molecule has 2 nitrogen and oxygen atoms in total. The monoisotopic (exact) mass is 366 g/mol. The van der Waals surface area contributed by atoms with Gasteiger partial charge in [0, 0.05) is 27.8 Å². The Balaban J connectivity index is 2.29. The number of benzene rings is 2. The zero-order valence-corrected chi connectivity index (χ0v) is 13.7. The second-order valence-corrected chi connectivity index (χ2v) is 6.20. The molecule has 108 valence electrons. The third-order valence-corrected chi connectivity index (χ3v) is 4.68. The molecule has 1 N–H and O–H groups in total. The number of hydrogen-bond acceptors (Lipinski definition) is 2. The summed E-state index contributed by atoms with van der Waals surface area (Å²) < 4.78 is 15.0. The average molecular weight is 368 g/mol. The number of anilines is 1. The van der Waals surface area contributed by atoms with E-state index in [1.165, 1.54) is 6.07 Å². The molecule has 0 radical (unpaired) electrons. The van der Waals surface area contributed by atoms with Crippen molar-refractivity contribution in [2.75, 3.05) is 11.9 Å². The van der Waals surface area contributed by atoms with Gasteiger partial charge < -0.3 is 5.32 Å². The molecule has 0 bridgehead atoms. The molecule has 2 aromatic carbocycles. The molecule has 21 heavy (non-hydrogen) atoms. The van der Waals surface area contributed by atoms with Gasteiger partial charge in [-0.15, -0.1) is 0 Å². The maximum Gasteiger partial charge on any atom is 0.132 e. The standard InChI is InChI=1S/C16H13BrClFN2/c1-9-8-20-13-7-6-11(17)15(18)14(13)16(21-9)10-4-2-3-5-12(10)19/h2-7,9,20H,8H2,1H3/t9-/m1/s1. The number of fused-ring (bicyclic) bond motifs is 1. The van der Waals surface area contributed by atoms with Crippen molar-refractivity contribution in [2.45, 2.75) is 13.0 Å². The van der Waals surface area contributed by atoms with Crippen molar-refractivity contribution in [3.05, 3.63) is 62.8 Å². The topological polar surface area (TPSA) is 24.4 Å². The molecule has 2 aromatic rings. The van der Waals surface area contributed by atoms with E-state index >= 15 is 0 Å². The molecule has 0 fully saturated rings. The summed E-state index contributed by atoms with van der Waals surface area (Å²) >= 11 is 9.86. The van der Waals surface area contributed by atoms with Crippen LogP contribution in [-0.2, 0) is 0 Å². The van der Waals surface area contributed by atoms with Crippen LogP contribution < -0.4 is 5.32 Å². The fraction of sp³-hybridized carbons (Fsp3) is 0.188. The molecular formula is C16H13BrClFN2. The molecule has 5 heteroatoms. The van der Waals surface area contributed by atoms with Crippen molar-refractivity contribution in [1.29, 1.82) is 0 Å². The van der Waals surface area contributed by atoms with Crippen LogP contribution in [0.3, 0.4) is 0 Å². The van der Waals surface area contributed by atoms with Crippen LogP contribution in [0, 0.1) is 5.82 Å². The van der Waals surface area contributed by atoms with Gasteiger partial charge in [-0.3, -0.25) is 4.99 Å². The molecule has 1 aliphatic rings. The smallest absolute Gasteiger partial charge is 0.132 e. The summed E-state index contributed by atoms with van der Waals surface area (Å²) in [4.78, 5) is 4.66. The summed E-state index contributed by atoms with van der Waals surface area (Å²) in [5, 5.41) is 3.86. The fourth-order valence-corrected chi connectivity index (χ4v) is 2.96. The van der Waals surface area contributed by atoms with Gasteiger partial charge in [-0.25, -0.2) is 4.39 Å². The highest BCUT2D eigenvalue weighted by Crippen LogP contribution is 2.35. The van der Waals surface area contributed by atoms with E-state index < -0.39 is 0 Å². The number of nitrogens with zero attached hydrogens (tertiary/aromatic N) is 1. The molecule has 0 aromatic heterocycles. The molecule has 0 saturated heterocycles. The maximum atomic E-state index is 14.2. The molecule has 1 aliphatic heterocycles. The zero-order chi connectivity index (χ0) is 15.0. The third kappa shape index (κ3) is 2.70. The van der Waals surface area contributed by atoms with E-state index in [0.29, 0.717) is 22.8 Å². The van der Waals surface area contributed by atoms with Crippen molar-refractivity contribution >= 4 is 38.9 Å². The minimum atomic E-state index is -0.299. The summed E-state index contributed by atoms with van der Waals surface area (Å²) in [5.74, 6) is -0.299. The highest BCUT2D eigenvalue weighted by atomic mass is 79.9. The Kier molecular flexibility index (Phi) is 4.00. The van der Waals surface area contributed by atoms with E-state index in [1.54, 1.807) is 18.2 Å². The van der Waals surface area contributed by atoms with E-state index in [2.05, 4.69) is 26.2 Å². The van der Waals surface area contributed by atoms with Gasteiger partial charge in [-0.2, -0.15) is 0 Å². The number of hydrogen-bond donors (Lipinski definition) is 1. The number of nitrogens with one attached hydrogen (secondary N) is 1. The van der Waals surface area contributed by atoms with Crippen LogP contribution in [0.2, 0.25) is 5.02 Å². The van der Waals surface area contributed by atoms with Crippen LogP contribution >= 0.6 is 27.5 Å². The first-order valence-corrected chi connectivity index (χ1v) is 7.80. The highest BCUT2D eigenvalue weighted by molar-refractivity contribution is 9.10. The van der Waals surface area contributed by atoms with Crippen molar-refractivity contribution in [3.8, 4) is 0 Å². The first-order chi connectivity index (χ1) is 10.1. The second kappa shape index (κ2) is 5.78. The molecular weight excluding hydrogens is 355 g/mol. The van der Waals surface area contributed by atoms with Crippen molar-refractivity contribution in [3.63, 3.8) is 0 Å². The lowest BCUT2D eigenvalue weighted by Crippen LogP contribution is -2.12. The van der Waals surface area contributed by atoms with Crippen LogP contribution in [0.5, 0.6) is 0 Å². The Morgan fingerprint density at radius 1 is 1.29 bits per heavy atom. The van der Waals surface area contributed by atoms with E-state index in [4.69, 9.17) is 11.6 Å². The van der Waals surface area contributed by atoms with Gasteiger partial charge in [0.15, 0.2) is 0 Å². The van der Waals surface area contributed by atoms with E-state index in [1.807, 2.05) is 19.1 Å². The Morgan fingerprint density at radius 3 is 2.81 bits per heavy atom. The number of benzodiazepines with no additional fused rings is 1. The molecule has 0 unspecified atom stereocenters. The molecule has 0 aliphatic carbocycles. The predicted molar refractivity (Wildman–Crippen MR) is 89.1 cm³/mol. The molecule has 0 saturated carbocycles. The van der Waals surface area contributed by atoms with Gasteiger partial charge in [0.1, 0.15) is 5.82 Å². The lowest BCUT2D eigenvalue weighted by Gasteiger charge is -2.14. The van der Waals surface area contributed by atoms with Gasteiger partial charge in [-0.1, -0.05) is 23.7 Å². The Morgan fingerprint density at radius 2 is 2.05 bits per heavy atom. The summed E-state index contributed by atoms with van der Waals surface area (Å²) in [5.41, 5.74) is 2.66. The normalized spacial score (nSPS) is 17.5. The number of halogens is 3. The first-order valence-electron chi connectivity index (χ1n) is 6.63. The minimum Gasteiger partial charge on any atom is -0.382 e. The number of aliphatic imine (C=N–C) groups is 1. The fourth-order valence-electron chi connectivity index (χ4n) is 2.38. The average Bonchev–Trinajstić information content (AvgIpc) is 2.63. The third-order valence-electron chi connectivity index (χ3n) is 3.40. The van der Waals surface area contributed by atoms with E-state index in [0.717, 1.165) is 15.7 Å². The largest absolute Gasteiger partial charge is 0.382 e. The molecule has 1 heterocycles. The van der Waals surface area contributed by atoms with Crippen LogP contribution in [0.4, 0.5) is 10.1 Å².